The van der Waals surface area contributed by atoms with Crippen LogP contribution in [0.15, 0.2) is 48.5 Å². The topological polar surface area (TPSA) is 20.3 Å². The van der Waals surface area contributed by atoms with Crippen molar-refractivity contribution in [3.05, 3.63) is 54.1 Å². The Balaban J connectivity index is 2.43. The van der Waals surface area contributed by atoms with Gasteiger partial charge in [-0.05, 0) is 23.3 Å². The van der Waals surface area contributed by atoms with Crippen LogP contribution < -0.4 is 4.90 Å². The van der Waals surface area contributed by atoms with E-state index in [1.165, 1.54) is 0 Å². The van der Waals surface area contributed by atoms with Gasteiger partial charge in [0.15, 0.2) is 6.29 Å². The number of hydrogen-bond acceptors (Lipinski definition) is 2. The molecule has 0 amide bonds. The minimum Gasteiger partial charge on any atom is -0.378 e. The summed E-state index contributed by atoms with van der Waals surface area (Å²) >= 11 is 0. The molecule has 0 N–H and O–H groups in total. The SMILES string of the molecule is CN(C)c1ccc(-c2ccccc2C=O)cc1. The zero-order valence-electron chi connectivity index (χ0n) is 10.1. The minimum atomic E-state index is 0.727. The Labute approximate surface area is 102 Å². The number of carbonyl (C=O) groups is 1. The van der Waals surface area contributed by atoms with Crippen LogP contribution in [0.25, 0.3) is 11.1 Å². The first-order valence-corrected chi connectivity index (χ1v) is 5.54. The third-order valence-corrected chi connectivity index (χ3v) is 2.78. The number of hydrogen-bond donors (Lipinski definition) is 0. The van der Waals surface area contributed by atoms with Crippen molar-refractivity contribution >= 4 is 12.0 Å². The number of aldehydes is 1. The molecule has 0 aromatic heterocycles. The monoisotopic (exact) mass is 225 g/mol. The number of anilines is 1. The summed E-state index contributed by atoms with van der Waals surface area (Å²) < 4.78 is 0. The van der Waals surface area contributed by atoms with Crippen molar-refractivity contribution in [3.63, 3.8) is 0 Å². The second kappa shape index (κ2) is 4.83. The molecule has 0 saturated heterocycles. The van der Waals surface area contributed by atoms with Crippen LogP contribution in [-0.2, 0) is 0 Å². The smallest absolute Gasteiger partial charge is 0.150 e. The summed E-state index contributed by atoms with van der Waals surface area (Å²) in [7, 11) is 4.02. The molecular formula is C15H15NO. The predicted octanol–water partition coefficient (Wildman–Crippen LogP) is 3.23. The Morgan fingerprint density at radius 1 is 0.941 bits per heavy atom. The van der Waals surface area contributed by atoms with Crippen LogP contribution >= 0.6 is 0 Å². The molecule has 2 rings (SSSR count). The van der Waals surface area contributed by atoms with Crippen molar-refractivity contribution in [2.75, 3.05) is 19.0 Å². The quantitative estimate of drug-likeness (QED) is 0.747. The van der Waals surface area contributed by atoms with Crippen molar-refractivity contribution in [1.82, 2.24) is 0 Å². The zero-order chi connectivity index (χ0) is 12.3. The lowest BCUT2D eigenvalue weighted by molar-refractivity contribution is 0.112. The van der Waals surface area contributed by atoms with Gasteiger partial charge in [-0.25, -0.2) is 0 Å². The fourth-order valence-corrected chi connectivity index (χ4v) is 1.80. The summed E-state index contributed by atoms with van der Waals surface area (Å²) in [5.41, 5.74) is 3.92. The van der Waals surface area contributed by atoms with Crippen molar-refractivity contribution in [1.29, 1.82) is 0 Å². The third kappa shape index (κ3) is 2.36. The van der Waals surface area contributed by atoms with Gasteiger partial charge in [0.1, 0.15) is 0 Å². The van der Waals surface area contributed by atoms with E-state index in [0.717, 1.165) is 28.7 Å². The van der Waals surface area contributed by atoms with E-state index < -0.39 is 0 Å². The Morgan fingerprint density at radius 3 is 2.18 bits per heavy atom. The molecule has 0 fully saturated rings. The largest absolute Gasteiger partial charge is 0.378 e. The van der Waals surface area contributed by atoms with Crippen molar-refractivity contribution < 1.29 is 4.79 Å². The van der Waals surface area contributed by atoms with Gasteiger partial charge in [-0.15, -0.1) is 0 Å². The Kier molecular flexibility index (Phi) is 3.24. The van der Waals surface area contributed by atoms with E-state index in [1.807, 2.05) is 50.5 Å². The predicted molar refractivity (Wildman–Crippen MR) is 71.6 cm³/mol. The first-order valence-electron chi connectivity index (χ1n) is 5.54. The van der Waals surface area contributed by atoms with Crippen molar-refractivity contribution in [2.24, 2.45) is 0 Å². The minimum absolute atomic E-state index is 0.727. The third-order valence-electron chi connectivity index (χ3n) is 2.78. The molecular weight excluding hydrogens is 210 g/mol. The molecule has 0 atom stereocenters. The average molecular weight is 225 g/mol. The van der Waals surface area contributed by atoms with Crippen LogP contribution in [0.5, 0.6) is 0 Å². The number of rotatable bonds is 3. The lowest BCUT2D eigenvalue weighted by Gasteiger charge is -2.13. The molecule has 86 valence electrons. The van der Waals surface area contributed by atoms with Crippen LogP contribution in [0.2, 0.25) is 0 Å². The van der Waals surface area contributed by atoms with Gasteiger partial charge in [0, 0.05) is 25.3 Å². The van der Waals surface area contributed by atoms with Gasteiger partial charge in [0.05, 0.1) is 0 Å². The summed E-state index contributed by atoms with van der Waals surface area (Å²) in [4.78, 5) is 13.0. The molecule has 2 aromatic carbocycles. The zero-order valence-corrected chi connectivity index (χ0v) is 10.1. The van der Waals surface area contributed by atoms with Crippen LogP contribution in [0.4, 0.5) is 5.69 Å². The fraction of sp³-hybridized carbons (Fsp3) is 0.133. The molecule has 0 saturated carbocycles. The molecule has 0 bridgehead atoms. The van der Waals surface area contributed by atoms with E-state index in [1.54, 1.807) is 0 Å². The Bertz CT molecular complexity index is 515. The molecule has 2 aromatic rings. The molecule has 0 unspecified atom stereocenters. The maximum atomic E-state index is 11.0. The summed E-state index contributed by atoms with van der Waals surface area (Å²) in [6.45, 7) is 0. The Hall–Kier alpha value is -2.09. The maximum Gasteiger partial charge on any atom is 0.150 e. The molecule has 0 aliphatic rings. The first-order chi connectivity index (χ1) is 8.22. The van der Waals surface area contributed by atoms with E-state index in [-0.39, 0.29) is 0 Å². The highest BCUT2D eigenvalue weighted by molar-refractivity contribution is 5.87. The summed E-state index contributed by atoms with van der Waals surface area (Å²) in [6.07, 6.45) is 0.898. The standard InChI is InChI=1S/C15H15NO/c1-16(2)14-9-7-12(8-10-14)15-6-4-3-5-13(15)11-17/h3-11H,1-2H3. The highest BCUT2D eigenvalue weighted by atomic mass is 16.1. The fourth-order valence-electron chi connectivity index (χ4n) is 1.80. The van der Waals surface area contributed by atoms with Gasteiger partial charge >= 0.3 is 0 Å². The second-order valence-electron chi connectivity index (χ2n) is 4.15. The van der Waals surface area contributed by atoms with E-state index in [0.29, 0.717) is 0 Å². The summed E-state index contributed by atoms with van der Waals surface area (Å²) in [5.74, 6) is 0. The number of benzene rings is 2. The Morgan fingerprint density at radius 2 is 1.59 bits per heavy atom. The molecule has 0 radical (unpaired) electrons. The van der Waals surface area contributed by atoms with Crippen LogP contribution in [0, 0.1) is 0 Å². The highest BCUT2D eigenvalue weighted by Gasteiger charge is 2.03. The van der Waals surface area contributed by atoms with Crippen LogP contribution in [0.3, 0.4) is 0 Å². The normalized spacial score (nSPS) is 10.0. The van der Waals surface area contributed by atoms with Crippen molar-refractivity contribution in [2.45, 2.75) is 0 Å². The van der Waals surface area contributed by atoms with Gasteiger partial charge in [0.25, 0.3) is 0 Å². The molecule has 2 heteroatoms. The highest BCUT2D eigenvalue weighted by Crippen LogP contribution is 2.24. The molecule has 0 spiro atoms. The number of carbonyl (C=O) groups excluding carboxylic acids is 1. The number of nitrogens with zero attached hydrogens (tertiary/aromatic N) is 1. The summed E-state index contributed by atoms with van der Waals surface area (Å²) in [5, 5.41) is 0. The first kappa shape index (κ1) is 11.4. The van der Waals surface area contributed by atoms with Gasteiger partial charge in [-0.1, -0.05) is 36.4 Å². The van der Waals surface area contributed by atoms with Crippen LogP contribution in [-0.4, -0.2) is 20.4 Å². The van der Waals surface area contributed by atoms with Gasteiger partial charge in [0.2, 0.25) is 0 Å². The van der Waals surface area contributed by atoms with E-state index in [9.17, 15) is 4.79 Å². The van der Waals surface area contributed by atoms with E-state index in [4.69, 9.17) is 0 Å². The second-order valence-corrected chi connectivity index (χ2v) is 4.15. The molecule has 2 nitrogen and oxygen atoms in total. The van der Waals surface area contributed by atoms with Gasteiger partial charge in [-0.3, -0.25) is 4.79 Å². The lowest BCUT2D eigenvalue weighted by Crippen LogP contribution is -2.07. The lowest BCUT2D eigenvalue weighted by atomic mass is 10.0. The van der Waals surface area contributed by atoms with Crippen LogP contribution in [0.1, 0.15) is 10.4 Å². The maximum absolute atomic E-state index is 11.0. The molecule has 0 heterocycles. The summed E-state index contributed by atoms with van der Waals surface area (Å²) in [6, 6.07) is 15.8. The van der Waals surface area contributed by atoms with Crippen molar-refractivity contribution in [3.8, 4) is 11.1 Å². The molecule has 0 aliphatic heterocycles. The van der Waals surface area contributed by atoms with Gasteiger partial charge in [-0.2, -0.15) is 0 Å². The van der Waals surface area contributed by atoms with E-state index >= 15 is 0 Å². The van der Waals surface area contributed by atoms with Gasteiger partial charge < -0.3 is 4.90 Å². The molecule has 17 heavy (non-hydrogen) atoms. The van der Waals surface area contributed by atoms with E-state index in [2.05, 4.69) is 17.0 Å². The molecule has 0 aliphatic carbocycles. The average Bonchev–Trinajstić information content (AvgIpc) is 2.39.